The number of nitrogens with one attached hydrogen (secondary N) is 2. The van der Waals surface area contributed by atoms with Gasteiger partial charge in [-0.2, -0.15) is 0 Å². The van der Waals surface area contributed by atoms with Gasteiger partial charge in [-0.05, 0) is 43.5 Å². The summed E-state index contributed by atoms with van der Waals surface area (Å²) in [6.07, 6.45) is 4.95. The molecular weight excluding hydrogens is 285 g/mol. The van der Waals surface area contributed by atoms with Gasteiger partial charge in [0.2, 0.25) is 0 Å². The van der Waals surface area contributed by atoms with E-state index in [-0.39, 0.29) is 5.69 Å². The molecular formula is C16H16FN3O2. The highest BCUT2D eigenvalue weighted by Crippen LogP contribution is 2.24. The molecule has 114 valence electrons. The maximum absolute atomic E-state index is 13.7. The molecule has 3 N–H and O–H groups in total. The van der Waals surface area contributed by atoms with Gasteiger partial charge in [0.05, 0.1) is 5.69 Å². The Hall–Kier alpha value is -2.63. The zero-order valence-electron chi connectivity index (χ0n) is 11.8. The first-order valence-electron chi connectivity index (χ1n) is 7.15. The number of hydrogen-bond acceptors (Lipinski definition) is 4. The molecule has 0 spiro atoms. The van der Waals surface area contributed by atoms with Crippen LogP contribution < -0.4 is 10.6 Å². The molecule has 1 amide bonds. The number of aromatic hydroxyl groups is 1. The van der Waals surface area contributed by atoms with Gasteiger partial charge in [0, 0.05) is 17.8 Å². The molecule has 1 aliphatic rings. The molecule has 3 rings (SSSR count). The fraction of sp³-hybridized carbons (Fsp3) is 0.250. The molecule has 2 aromatic rings. The standard InChI is InChI=1S/C16H16FN3O2/c17-15-12(5-2-6-13(15)21)20-16(22)10-7-8-18-14(9-10)19-11-3-1-4-11/h2,5-9,11,21H,1,3-4H2,(H,18,19)(H,20,22). The van der Waals surface area contributed by atoms with Crippen LogP contribution in [0, 0.1) is 5.82 Å². The van der Waals surface area contributed by atoms with E-state index in [9.17, 15) is 14.3 Å². The van der Waals surface area contributed by atoms with Gasteiger partial charge in [-0.25, -0.2) is 9.37 Å². The van der Waals surface area contributed by atoms with Crippen LogP contribution in [-0.4, -0.2) is 22.0 Å². The predicted molar refractivity (Wildman–Crippen MR) is 81.5 cm³/mol. The van der Waals surface area contributed by atoms with Gasteiger partial charge in [-0.1, -0.05) is 6.07 Å². The Balaban J connectivity index is 1.74. The number of carbonyl (C=O) groups is 1. The summed E-state index contributed by atoms with van der Waals surface area (Å²) in [5.41, 5.74) is 0.315. The Morgan fingerprint density at radius 3 is 2.86 bits per heavy atom. The summed E-state index contributed by atoms with van der Waals surface area (Å²) in [4.78, 5) is 16.4. The van der Waals surface area contributed by atoms with E-state index in [1.807, 2.05) is 0 Å². The maximum Gasteiger partial charge on any atom is 0.255 e. The molecule has 1 saturated carbocycles. The number of amides is 1. The van der Waals surface area contributed by atoms with Crippen molar-refractivity contribution >= 4 is 17.4 Å². The second-order valence-corrected chi connectivity index (χ2v) is 5.29. The number of anilines is 2. The van der Waals surface area contributed by atoms with Gasteiger partial charge in [0.1, 0.15) is 5.82 Å². The van der Waals surface area contributed by atoms with Crippen molar-refractivity contribution in [3.8, 4) is 5.75 Å². The summed E-state index contributed by atoms with van der Waals surface area (Å²) in [5.74, 6) is -1.17. The predicted octanol–water partition coefficient (Wildman–Crippen LogP) is 3.14. The number of rotatable bonds is 4. The molecule has 1 heterocycles. The van der Waals surface area contributed by atoms with Gasteiger partial charge in [0.25, 0.3) is 5.91 Å². The van der Waals surface area contributed by atoms with Crippen LogP contribution in [0.4, 0.5) is 15.9 Å². The number of pyridine rings is 1. The highest BCUT2D eigenvalue weighted by Gasteiger charge is 2.18. The minimum Gasteiger partial charge on any atom is -0.505 e. The molecule has 22 heavy (non-hydrogen) atoms. The number of phenols is 1. The molecule has 1 aliphatic carbocycles. The first-order chi connectivity index (χ1) is 10.6. The highest BCUT2D eigenvalue weighted by molar-refractivity contribution is 6.04. The summed E-state index contributed by atoms with van der Waals surface area (Å²) in [6, 6.07) is 7.68. The number of phenolic OH excluding ortho intramolecular Hbond substituents is 1. The van der Waals surface area contributed by atoms with Crippen LogP contribution in [0.15, 0.2) is 36.5 Å². The number of hydrogen-bond donors (Lipinski definition) is 3. The number of carbonyl (C=O) groups excluding carboxylic acids is 1. The third kappa shape index (κ3) is 3.00. The Bertz CT molecular complexity index is 702. The van der Waals surface area contributed by atoms with Crippen molar-refractivity contribution in [3.05, 3.63) is 47.9 Å². The van der Waals surface area contributed by atoms with Crippen LogP contribution >= 0.6 is 0 Å². The molecule has 0 bridgehead atoms. The summed E-state index contributed by atoms with van der Waals surface area (Å²) in [7, 11) is 0. The quantitative estimate of drug-likeness (QED) is 0.811. The fourth-order valence-corrected chi connectivity index (χ4v) is 2.22. The molecule has 0 unspecified atom stereocenters. The first-order valence-corrected chi connectivity index (χ1v) is 7.15. The zero-order valence-corrected chi connectivity index (χ0v) is 11.8. The second kappa shape index (κ2) is 6.01. The largest absolute Gasteiger partial charge is 0.505 e. The van der Waals surface area contributed by atoms with Crippen molar-refractivity contribution in [2.45, 2.75) is 25.3 Å². The molecule has 0 radical (unpaired) electrons. The van der Waals surface area contributed by atoms with Crippen LogP contribution in [0.5, 0.6) is 5.75 Å². The van der Waals surface area contributed by atoms with Crippen LogP contribution in [0.3, 0.4) is 0 Å². The van der Waals surface area contributed by atoms with Crippen molar-refractivity contribution in [2.75, 3.05) is 10.6 Å². The van der Waals surface area contributed by atoms with E-state index < -0.39 is 17.5 Å². The van der Waals surface area contributed by atoms with E-state index in [1.54, 1.807) is 12.1 Å². The SMILES string of the molecule is O=C(Nc1cccc(O)c1F)c1ccnc(NC2CCC2)c1. The molecule has 6 heteroatoms. The normalized spacial score (nSPS) is 14.2. The van der Waals surface area contributed by atoms with E-state index in [1.165, 1.54) is 30.8 Å². The molecule has 1 aromatic heterocycles. The van der Waals surface area contributed by atoms with Crippen molar-refractivity contribution in [2.24, 2.45) is 0 Å². The van der Waals surface area contributed by atoms with Gasteiger partial charge in [-0.15, -0.1) is 0 Å². The van der Waals surface area contributed by atoms with Crippen LogP contribution in [0.2, 0.25) is 0 Å². The molecule has 5 nitrogen and oxygen atoms in total. The molecule has 1 fully saturated rings. The summed E-state index contributed by atoms with van der Waals surface area (Å²) in [6.45, 7) is 0. The lowest BCUT2D eigenvalue weighted by molar-refractivity contribution is 0.102. The third-order valence-electron chi connectivity index (χ3n) is 3.71. The average molecular weight is 301 g/mol. The highest BCUT2D eigenvalue weighted by atomic mass is 19.1. The number of halogens is 1. The summed E-state index contributed by atoms with van der Waals surface area (Å²) < 4.78 is 13.7. The molecule has 0 aliphatic heterocycles. The third-order valence-corrected chi connectivity index (χ3v) is 3.71. The Kier molecular flexibility index (Phi) is 3.91. The summed E-state index contributed by atoms with van der Waals surface area (Å²) in [5, 5.41) is 15.0. The topological polar surface area (TPSA) is 74.2 Å². The van der Waals surface area contributed by atoms with Crippen molar-refractivity contribution in [1.29, 1.82) is 0 Å². The average Bonchev–Trinajstić information content (AvgIpc) is 2.48. The molecule has 1 aromatic carbocycles. The minimum atomic E-state index is -0.849. The van der Waals surface area contributed by atoms with Crippen LogP contribution in [-0.2, 0) is 0 Å². The zero-order chi connectivity index (χ0) is 15.5. The van der Waals surface area contributed by atoms with E-state index in [4.69, 9.17) is 0 Å². The fourth-order valence-electron chi connectivity index (χ4n) is 2.22. The van der Waals surface area contributed by atoms with Gasteiger partial charge < -0.3 is 15.7 Å². The molecule has 0 atom stereocenters. The van der Waals surface area contributed by atoms with E-state index >= 15 is 0 Å². The lowest BCUT2D eigenvalue weighted by atomic mass is 9.93. The summed E-state index contributed by atoms with van der Waals surface area (Å²) >= 11 is 0. The number of benzene rings is 1. The Labute approximate surface area is 127 Å². The van der Waals surface area contributed by atoms with Crippen molar-refractivity contribution in [1.82, 2.24) is 4.98 Å². The van der Waals surface area contributed by atoms with Crippen molar-refractivity contribution in [3.63, 3.8) is 0 Å². The minimum absolute atomic E-state index is 0.0599. The lowest BCUT2D eigenvalue weighted by Gasteiger charge is -2.26. The number of aromatic nitrogens is 1. The van der Waals surface area contributed by atoms with Gasteiger partial charge in [-0.3, -0.25) is 4.79 Å². The Morgan fingerprint density at radius 2 is 2.14 bits per heavy atom. The number of nitrogens with zero attached hydrogens (tertiary/aromatic N) is 1. The van der Waals surface area contributed by atoms with E-state index in [0.29, 0.717) is 17.4 Å². The maximum atomic E-state index is 13.7. The second-order valence-electron chi connectivity index (χ2n) is 5.29. The smallest absolute Gasteiger partial charge is 0.255 e. The van der Waals surface area contributed by atoms with E-state index in [0.717, 1.165) is 12.8 Å². The van der Waals surface area contributed by atoms with Crippen LogP contribution in [0.25, 0.3) is 0 Å². The lowest BCUT2D eigenvalue weighted by Crippen LogP contribution is -2.27. The van der Waals surface area contributed by atoms with E-state index in [2.05, 4.69) is 15.6 Å². The van der Waals surface area contributed by atoms with Gasteiger partial charge >= 0.3 is 0 Å². The van der Waals surface area contributed by atoms with Crippen LogP contribution in [0.1, 0.15) is 29.6 Å². The molecule has 0 saturated heterocycles. The monoisotopic (exact) mass is 301 g/mol. The van der Waals surface area contributed by atoms with Crippen molar-refractivity contribution < 1.29 is 14.3 Å². The Morgan fingerprint density at radius 1 is 1.32 bits per heavy atom. The van der Waals surface area contributed by atoms with Gasteiger partial charge in [0.15, 0.2) is 11.6 Å². The first kappa shape index (κ1) is 14.3.